The Labute approximate surface area is 106 Å². The van der Waals surface area contributed by atoms with Crippen LogP contribution in [-0.2, 0) is 0 Å². The van der Waals surface area contributed by atoms with Gasteiger partial charge in [0.05, 0.1) is 18.0 Å². The molecule has 18 heavy (non-hydrogen) atoms. The van der Waals surface area contributed by atoms with E-state index in [-0.39, 0.29) is 5.43 Å². The van der Waals surface area contributed by atoms with E-state index in [1.54, 1.807) is 31.4 Å². The number of benzene rings is 1. The van der Waals surface area contributed by atoms with Crippen molar-refractivity contribution in [3.05, 3.63) is 39.4 Å². The molecule has 3 aromatic rings. The van der Waals surface area contributed by atoms with Gasteiger partial charge < -0.3 is 9.72 Å². The highest BCUT2D eigenvalue weighted by atomic mass is 32.1. The molecule has 0 spiro atoms. The van der Waals surface area contributed by atoms with E-state index >= 15 is 0 Å². The highest BCUT2D eigenvalue weighted by Crippen LogP contribution is 2.27. The van der Waals surface area contributed by atoms with Crippen molar-refractivity contribution in [2.24, 2.45) is 0 Å². The average molecular weight is 256 g/mol. The number of aromatic amines is 1. The summed E-state index contributed by atoms with van der Waals surface area (Å²) in [5, 5.41) is 10.0. The summed E-state index contributed by atoms with van der Waals surface area (Å²) in [5.41, 5.74) is 0.597. The molecule has 5 heteroatoms. The lowest BCUT2D eigenvalue weighted by Crippen LogP contribution is -2.03. The summed E-state index contributed by atoms with van der Waals surface area (Å²) in [6.07, 6.45) is 0. The van der Waals surface area contributed by atoms with Gasteiger partial charge in [-0.05, 0) is 18.2 Å². The van der Waals surface area contributed by atoms with E-state index in [1.165, 1.54) is 11.3 Å². The largest absolute Gasteiger partial charge is 0.495 e. The Morgan fingerprint density at radius 2 is 2.22 bits per heavy atom. The van der Waals surface area contributed by atoms with Crippen molar-refractivity contribution in [3.63, 3.8) is 0 Å². The number of nitrogens with one attached hydrogen (secondary N) is 1. The third kappa shape index (κ3) is 1.40. The van der Waals surface area contributed by atoms with Gasteiger partial charge in [0.1, 0.15) is 21.5 Å². The molecule has 4 nitrogen and oxygen atoms in total. The topological polar surface area (TPSA) is 65.9 Å². The van der Waals surface area contributed by atoms with Crippen LogP contribution in [0.25, 0.3) is 21.1 Å². The van der Waals surface area contributed by atoms with Crippen LogP contribution in [-0.4, -0.2) is 12.1 Å². The summed E-state index contributed by atoms with van der Waals surface area (Å²) in [4.78, 5) is 16.7. The molecule has 0 atom stereocenters. The number of hydrogen-bond donors (Lipinski definition) is 1. The Balaban J connectivity index is 2.55. The van der Waals surface area contributed by atoms with Gasteiger partial charge in [-0.1, -0.05) is 6.07 Å². The third-order valence-electron chi connectivity index (χ3n) is 2.82. The smallest absolute Gasteiger partial charge is 0.198 e. The maximum absolute atomic E-state index is 12.3. The van der Waals surface area contributed by atoms with Gasteiger partial charge in [0.2, 0.25) is 0 Å². The number of nitriles is 1. The van der Waals surface area contributed by atoms with Crippen molar-refractivity contribution < 1.29 is 4.74 Å². The van der Waals surface area contributed by atoms with Gasteiger partial charge >= 0.3 is 0 Å². The van der Waals surface area contributed by atoms with Crippen molar-refractivity contribution >= 4 is 32.5 Å². The summed E-state index contributed by atoms with van der Waals surface area (Å²) in [6.45, 7) is 0. The summed E-state index contributed by atoms with van der Waals surface area (Å²) in [5.74, 6) is 0.624. The maximum Gasteiger partial charge on any atom is 0.198 e. The number of thiophene rings is 1. The fourth-order valence-corrected chi connectivity index (χ4v) is 2.84. The molecule has 1 N–H and O–H groups in total. The highest BCUT2D eigenvalue weighted by Gasteiger charge is 2.11. The van der Waals surface area contributed by atoms with Crippen molar-refractivity contribution in [3.8, 4) is 11.8 Å². The van der Waals surface area contributed by atoms with Crippen LogP contribution in [0.4, 0.5) is 0 Å². The number of aromatic nitrogens is 1. The van der Waals surface area contributed by atoms with E-state index < -0.39 is 0 Å². The number of H-pyrrole nitrogens is 1. The minimum atomic E-state index is -0.0737. The standard InChI is InChI=1S/C13H8N2O2S/c1-17-10-4-2-3-8-11(10)15-13-9(12(8)16)5-7(6-14)18-13/h2-5H,1H3,(H,15,16). The monoisotopic (exact) mass is 256 g/mol. The van der Waals surface area contributed by atoms with Crippen LogP contribution in [0.1, 0.15) is 4.88 Å². The lowest BCUT2D eigenvalue weighted by atomic mass is 10.1. The number of methoxy groups -OCH3 is 1. The fraction of sp³-hybridized carbons (Fsp3) is 0.0769. The van der Waals surface area contributed by atoms with Gasteiger partial charge in [-0.25, -0.2) is 0 Å². The Morgan fingerprint density at radius 3 is 2.94 bits per heavy atom. The van der Waals surface area contributed by atoms with E-state index in [0.29, 0.717) is 31.7 Å². The second-order valence-corrected chi connectivity index (χ2v) is 4.85. The van der Waals surface area contributed by atoms with Crippen LogP contribution in [0.3, 0.4) is 0 Å². The molecular formula is C13H8N2O2S. The summed E-state index contributed by atoms with van der Waals surface area (Å²) in [6, 6.07) is 9.00. The zero-order valence-electron chi connectivity index (χ0n) is 9.48. The molecule has 1 aromatic carbocycles. The van der Waals surface area contributed by atoms with Crippen LogP contribution >= 0.6 is 11.3 Å². The zero-order chi connectivity index (χ0) is 12.7. The molecule has 0 unspecified atom stereocenters. The second kappa shape index (κ2) is 3.86. The first-order valence-electron chi connectivity index (χ1n) is 5.27. The molecule has 88 valence electrons. The first-order valence-corrected chi connectivity index (χ1v) is 6.09. The number of para-hydroxylation sites is 1. The van der Waals surface area contributed by atoms with E-state index in [2.05, 4.69) is 11.1 Å². The summed E-state index contributed by atoms with van der Waals surface area (Å²) >= 11 is 1.27. The normalized spacial score (nSPS) is 10.7. The minimum Gasteiger partial charge on any atom is -0.495 e. The first kappa shape index (κ1) is 10.8. The Kier molecular flexibility index (Phi) is 2.32. The Bertz CT molecular complexity index is 855. The average Bonchev–Trinajstić information content (AvgIpc) is 2.82. The highest BCUT2D eigenvalue weighted by molar-refractivity contribution is 7.19. The fourth-order valence-electron chi connectivity index (χ4n) is 1.99. The van der Waals surface area contributed by atoms with Crippen molar-refractivity contribution in [2.75, 3.05) is 7.11 Å². The molecule has 0 radical (unpaired) electrons. The molecule has 2 aromatic heterocycles. The first-order chi connectivity index (χ1) is 8.74. The molecule has 0 saturated heterocycles. The predicted octanol–water partition coefficient (Wildman–Crippen LogP) is 2.62. The van der Waals surface area contributed by atoms with Gasteiger partial charge in [0, 0.05) is 5.39 Å². The lowest BCUT2D eigenvalue weighted by Gasteiger charge is -2.04. The lowest BCUT2D eigenvalue weighted by molar-refractivity contribution is 0.419. The quantitative estimate of drug-likeness (QED) is 0.727. The number of nitrogens with zero attached hydrogens (tertiary/aromatic N) is 1. The molecule has 0 aliphatic heterocycles. The SMILES string of the molecule is COc1cccc2c(=O)c3cc(C#N)sc3[nH]c12. The molecule has 0 bridgehead atoms. The summed E-state index contributed by atoms with van der Waals surface area (Å²) < 4.78 is 5.23. The number of hydrogen-bond acceptors (Lipinski definition) is 4. The van der Waals surface area contributed by atoms with Crippen molar-refractivity contribution in [1.29, 1.82) is 5.26 Å². The molecule has 0 aliphatic carbocycles. The van der Waals surface area contributed by atoms with Crippen molar-refractivity contribution in [2.45, 2.75) is 0 Å². The predicted molar refractivity (Wildman–Crippen MR) is 71.2 cm³/mol. The Morgan fingerprint density at radius 1 is 1.39 bits per heavy atom. The van der Waals surface area contributed by atoms with Crippen molar-refractivity contribution in [1.82, 2.24) is 4.98 Å². The van der Waals surface area contributed by atoms with Crippen LogP contribution in [0.2, 0.25) is 0 Å². The molecular weight excluding hydrogens is 248 g/mol. The van der Waals surface area contributed by atoms with E-state index in [1.807, 2.05) is 0 Å². The molecule has 0 aliphatic rings. The van der Waals surface area contributed by atoms with E-state index in [0.717, 1.165) is 0 Å². The maximum atomic E-state index is 12.3. The van der Waals surface area contributed by atoms with Gasteiger partial charge in [-0.15, -0.1) is 11.3 Å². The van der Waals surface area contributed by atoms with Gasteiger partial charge in [-0.2, -0.15) is 5.26 Å². The molecule has 0 amide bonds. The molecule has 0 saturated carbocycles. The van der Waals surface area contributed by atoms with Crippen LogP contribution < -0.4 is 10.2 Å². The number of rotatable bonds is 1. The molecule has 3 rings (SSSR count). The third-order valence-corrected chi connectivity index (χ3v) is 3.77. The number of ether oxygens (including phenoxy) is 1. The van der Waals surface area contributed by atoms with Gasteiger partial charge in [-0.3, -0.25) is 4.79 Å². The molecule has 2 heterocycles. The van der Waals surface area contributed by atoms with Crippen LogP contribution in [0, 0.1) is 11.3 Å². The van der Waals surface area contributed by atoms with E-state index in [9.17, 15) is 4.79 Å². The minimum absolute atomic E-state index is 0.0737. The van der Waals surface area contributed by atoms with Crippen LogP contribution in [0.15, 0.2) is 29.1 Å². The van der Waals surface area contributed by atoms with E-state index in [4.69, 9.17) is 10.00 Å². The van der Waals surface area contributed by atoms with Gasteiger partial charge in [0.25, 0.3) is 0 Å². The second-order valence-electron chi connectivity index (χ2n) is 3.80. The molecule has 0 fully saturated rings. The zero-order valence-corrected chi connectivity index (χ0v) is 10.3. The van der Waals surface area contributed by atoms with Crippen LogP contribution in [0.5, 0.6) is 5.75 Å². The number of fused-ring (bicyclic) bond motifs is 2. The summed E-state index contributed by atoms with van der Waals surface area (Å²) in [7, 11) is 1.56. The van der Waals surface area contributed by atoms with Gasteiger partial charge in [0.15, 0.2) is 5.43 Å². The number of pyridine rings is 1. The Hall–Kier alpha value is -2.32.